The molecule has 8 aromatic rings. The molecular formula is C33H20N4Te. The molecule has 0 aliphatic rings. The summed E-state index contributed by atoms with van der Waals surface area (Å²) in [6, 6.07) is 42.6. The zero-order valence-electron chi connectivity index (χ0n) is 20.2. The van der Waals surface area contributed by atoms with Crippen molar-refractivity contribution >= 4 is 59.8 Å². The van der Waals surface area contributed by atoms with Gasteiger partial charge in [0.05, 0.1) is 0 Å². The topological polar surface area (TPSA) is 43.6 Å². The SMILES string of the molecule is c1ccc(-c2nc(-c3ccc4[te]c5ccccc5c4c3)nc(-n3c4ccccc4c4ccccc43)n2)cc1. The molecule has 0 bridgehead atoms. The van der Waals surface area contributed by atoms with E-state index in [1.165, 1.54) is 28.3 Å². The Labute approximate surface area is 228 Å². The van der Waals surface area contributed by atoms with Gasteiger partial charge in [-0.25, -0.2) is 0 Å². The van der Waals surface area contributed by atoms with Gasteiger partial charge in [-0.2, -0.15) is 0 Å². The third-order valence-corrected chi connectivity index (χ3v) is 10.4. The normalized spacial score (nSPS) is 11.7. The van der Waals surface area contributed by atoms with Crippen LogP contribution < -0.4 is 0 Å². The van der Waals surface area contributed by atoms with Crippen LogP contribution >= 0.6 is 0 Å². The average molecular weight is 600 g/mol. The second-order valence-electron chi connectivity index (χ2n) is 9.33. The second kappa shape index (κ2) is 8.63. The van der Waals surface area contributed by atoms with Gasteiger partial charge in [0, 0.05) is 0 Å². The van der Waals surface area contributed by atoms with E-state index in [-0.39, 0.29) is 20.4 Å². The Hall–Kier alpha value is -4.30. The van der Waals surface area contributed by atoms with Gasteiger partial charge in [0.25, 0.3) is 0 Å². The van der Waals surface area contributed by atoms with E-state index in [0.29, 0.717) is 17.6 Å². The molecule has 0 saturated carbocycles. The van der Waals surface area contributed by atoms with Crippen molar-refractivity contribution in [2.75, 3.05) is 0 Å². The third kappa shape index (κ3) is 3.40. The fraction of sp³-hybridized carbons (Fsp3) is 0. The van der Waals surface area contributed by atoms with Gasteiger partial charge in [0.1, 0.15) is 0 Å². The van der Waals surface area contributed by atoms with Gasteiger partial charge in [-0.15, -0.1) is 0 Å². The number of para-hydroxylation sites is 2. The van der Waals surface area contributed by atoms with Crippen molar-refractivity contribution in [2.45, 2.75) is 0 Å². The molecule has 3 heterocycles. The van der Waals surface area contributed by atoms with Crippen molar-refractivity contribution in [2.24, 2.45) is 0 Å². The summed E-state index contributed by atoms with van der Waals surface area (Å²) in [5.41, 5.74) is 4.14. The van der Waals surface area contributed by atoms with Crippen LogP contribution in [0.5, 0.6) is 0 Å². The van der Waals surface area contributed by atoms with Crippen molar-refractivity contribution in [3.63, 3.8) is 0 Å². The Morgan fingerprint density at radius 2 is 1.03 bits per heavy atom. The fourth-order valence-electron chi connectivity index (χ4n) is 5.31. The van der Waals surface area contributed by atoms with Crippen LogP contribution in [0, 0.1) is 0 Å². The Morgan fingerprint density at radius 3 is 1.76 bits per heavy atom. The number of aromatic nitrogens is 4. The maximum atomic E-state index is 5.10. The van der Waals surface area contributed by atoms with Gasteiger partial charge < -0.3 is 0 Å². The molecule has 0 amide bonds. The van der Waals surface area contributed by atoms with Gasteiger partial charge in [-0.05, 0) is 0 Å². The minimum atomic E-state index is -0.362. The van der Waals surface area contributed by atoms with Crippen LogP contribution in [0.2, 0.25) is 0 Å². The molecule has 0 N–H and O–H groups in total. The molecule has 0 radical (unpaired) electrons. The van der Waals surface area contributed by atoms with Crippen LogP contribution in [0.4, 0.5) is 0 Å². The van der Waals surface area contributed by atoms with E-state index < -0.39 is 0 Å². The predicted molar refractivity (Wildman–Crippen MR) is 157 cm³/mol. The van der Waals surface area contributed by atoms with Gasteiger partial charge in [0.15, 0.2) is 0 Å². The molecule has 5 heteroatoms. The molecule has 0 fully saturated rings. The molecule has 0 saturated heterocycles. The zero-order chi connectivity index (χ0) is 25.1. The summed E-state index contributed by atoms with van der Waals surface area (Å²) < 4.78 is 5.13. The van der Waals surface area contributed by atoms with Gasteiger partial charge >= 0.3 is 229 Å². The number of benzene rings is 5. The first kappa shape index (κ1) is 21.8. The molecule has 0 atom stereocenters. The quantitative estimate of drug-likeness (QED) is 0.196. The summed E-state index contributed by atoms with van der Waals surface area (Å²) in [4.78, 5) is 15.1. The van der Waals surface area contributed by atoms with Crippen molar-refractivity contribution in [1.29, 1.82) is 0 Å². The van der Waals surface area contributed by atoms with Crippen molar-refractivity contribution in [3.05, 3.63) is 121 Å². The molecule has 8 rings (SSSR count). The molecule has 0 unspecified atom stereocenters. The van der Waals surface area contributed by atoms with Crippen LogP contribution in [-0.4, -0.2) is 40.0 Å². The van der Waals surface area contributed by atoms with Crippen molar-refractivity contribution in [1.82, 2.24) is 19.5 Å². The molecule has 5 aromatic carbocycles. The first-order valence-electron chi connectivity index (χ1n) is 12.6. The summed E-state index contributed by atoms with van der Waals surface area (Å²) >= 11 is -0.362. The van der Waals surface area contributed by atoms with Crippen LogP contribution in [-0.2, 0) is 0 Å². The Bertz CT molecular complexity index is 2090. The van der Waals surface area contributed by atoms with E-state index >= 15 is 0 Å². The van der Waals surface area contributed by atoms with Gasteiger partial charge in [-0.1, -0.05) is 0 Å². The van der Waals surface area contributed by atoms with Gasteiger partial charge in [-0.3, -0.25) is 0 Å². The second-order valence-corrected chi connectivity index (χ2v) is 12.4. The van der Waals surface area contributed by atoms with E-state index in [1.54, 1.807) is 0 Å². The Kier molecular flexibility index (Phi) is 4.94. The van der Waals surface area contributed by atoms with Crippen molar-refractivity contribution < 1.29 is 0 Å². The van der Waals surface area contributed by atoms with Crippen LogP contribution in [0.1, 0.15) is 0 Å². The molecule has 0 aliphatic carbocycles. The number of hydrogen-bond acceptors (Lipinski definition) is 3. The molecule has 0 spiro atoms. The van der Waals surface area contributed by atoms with Crippen LogP contribution in [0.15, 0.2) is 121 Å². The molecule has 3 aromatic heterocycles. The summed E-state index contributed by atoms with van der Waals surface area (Å²) in [6.07, 6.45) is 0. The van der Waals surface area contributed by atoms with E-state index in [9.17, 15) is 0 Å². The van der Waals surface area contributed by atoms with Crippen LogP contribution in [0.3, 0.4) is 0 Å². The standard InChI is InChI=1S/C33H20N4Te/c1-2-10-21(11-3-1)31-34-32(22-18-19-30-26(20-22)25-14-6-9-17-29(25)38-30)36-33(35-31)37-27-15-7-4-12-23(27)24-13-5-8-16-28(24)37/h1-20H. The van der Waals surface area contributed by atoms with Crippen LogP contribution in [0.25, 0.3) is 68.1 Å². The first-order valence-corrected chi connectivity index (χ1v) is 14.9. The Morgan fingerprint density at radius 1 is 0.447 bits per heavy atom. The summed E-state index contributed by atoms with van der Waals surface area (Å²) in [5, 5.41) is 5.04. The molecule has 4 nitrogen and oxygen atoms in total. The number of fused-ring (bicyclic) bond motifs is 6. The van der Waals surface area contributed by atoms with E-state index in [2.05, 4.69) is 108 Å². The number of hydrogen-bond donors (Lipinski definition) is 0. The summed E-state index contributed by atoms with van der Waals surface area (Å²) in [6.45, 7) is 0. The van der Waals surface area contributed by atoms with E-state index in [0.717, 1.165) is 22.2 Å². The van der Waals surface area contributed by atoms with Crippen molar-refractivity contribution in [3.8, 4) is 28.7 Å². The first-order chi connectivity index (χ1) is 18.8. The molecule has 178 valence electrons. The van der Waals surface area contributed by atoms with E-state index in [4.69, 9.17) is 15.0 Å². The molecular weight excluding hydrogens is 580 g/mol. The van der Waals surface area contributed by atoms with E-state index in [1.807, 2.05) is 18.2 Å². The maximum absolute atomic E-state index is 5.10. The molecule has 38 heavy (non-hydrogen) atoms. The fourth-order valence-corrected chi connectivity index (χ4v) is 8.41. The summed E-state index contributed by atoms with van der Waals surface area (Å²) in [7, 11) is 0. The van der Waals surface area contributed by atoms with Gasteiger partial charge in [0.2, 0.25) is 0 Å². The Balaban J connectivity index is 1.43. The molecule has 0 aliphatic heterocycles. The predicted octanol–water partition coefficient (Wildman–Crippen LogP) is 7.67. The summed E-state index contributed by atoms with van der Waals surface area (Å²) in [5.74, 6) is 1.98. The number of rotatable bonds is 3. The zero-order valence-corrected chi connectivity index (χ0v) is 22.6. The third-order valence-electron chi connectivity index (χ3n) is 7.07. The number of nitrogens with zero attached hydrogens (tertiary/aromatic N) is 4. The monoisotopic (exact) mass is 602 g/mol. The average Bonchev–Trinajstić information content (AvgIpc) is 3.53. The minimum absolute atomic E-state index is 0.362.